The molecular weight excluding hydrogens is 252 g/mol. The molecule has 0 saturated heterocycles. The van der Waals surface area contributed by atoms with Crippen LogP contribution in [0.4, 0.5) is 0 Å². The van der Waals surface area contributed by atoms with E-state index in [1.807, 2.05) is 6.07 Å². The van der Waals surface area contributed by atoms with Crippen LogP contribution < -0.4 is 4.74 Å². The van der Waals surface area contributed by atoms with Crippen LogP contribution in [0.2, 0.25) is 0 Å². The molecule has 0 fully saturated rings. The summed E-state index contributed by atoms with van der Waals surface area (Å²) >= 11 is 3.49. The van der Waals surface area contributed by atoms with E-state index in [1.165, 1.54) is 5.56 Å². The summed E-state index contributed by atoms with van der Waals surface area (Å²) in [6, 6.07) is 8.31. The van der Waals surface area contributed by atoms with Gasteiger partial charge in [0.05, 0.1) is 6.61 Å². The Bertz CT molecular complexity index is 307. The second kappa shape index (κ2) is 5.55. The average Bonchev–Trinajstić information content (AvgIpc) is 2.27. The third kappa shape index (κ3) is 4.25. The largest absolute Gasteiger partial charge is 0.493 e. The molecule has 0 unspecified atom stereocenters. The van der Waals surface area contributed by atoms with Gasteiger partial charge in [-0.25, -0.2) is 0 Å². The summed E-state index contributed by atoms with van der Waals surface area (Å²) in [7, 11) is 0. The molecule has 2 heteroatoms. The quantitative estimate of drug-likeness (QED) is 0.734. The number of aryl methyl sites for hydroxylation is 1. The van der Waals surface area contributed by atoms with Crippen LogP contribution in [0, 0.1) is 5.41 Å². The molecule has 0 bridgehead atoms. The molecule has 0 aliphatic heterocycles. The number of benzene rings is 1. The first-order chi connectivity index (χ1) is 7.07. The van der Waals surface area contributed by atoms with Gasteiger partial charge in [-0.3, -0.25) is 0 Å². The summed E-state index contributed by atoms with van der Waals surface area (Å²) < 4.78 is 5.77. The summed E-state index contributed by atoms with van der Waals surface area (Å²) in [5.74, 6) is 0.975. The van der Waals surface area contributed by atoms with E-state index in [1.54, 1.807) is 0 Å². The van der Waals surface area contributed by atoms with Crippen molar-refractivity contribution in [3.8, 4) is 5.75 Å². The van der Waals surface area contributed by atoms with Crippen LogP contribution in [-0.4, -0.2) is 11.9 Å². The van der Waals surface area contributed by atoms with Gasteiger partial charge in [-0.1, -0.05) is 48.8 Å². The third-order valence-electron chi connectivity index (χ3n) is 2.30. The zero-order chi connectivity index (χ0) is 11.3. The predicted molar refractivity (Wildman–Crippen MR) is 68.9 cm³/mol. The molecule has 1 aromatic rings. The molecule has 84 valence electrons. The minimum atomic E-state index is 0.183. The van der Waals surface area contributed by atoms with Crippen LogP contribution in [0.3, 0.4) is 0 Å². The van der Waals surface area contributed by atoms with Gasteiger partial charge in [-0.05, 0) is 24.1 Å². The molecule has 0 aliphatic carbocycles. The van der Waals surface area contributed by atoms with Crippen molar-refractivity contribution >= 4 is 15.9 Å². The Kier molecular flexibility index (Phi) is 4.65. The van der Waals surface area contributed by atoms with Crippen molar-refractivity contribution in [1.82, 2.24) is 0 Å². The van der Waals surface area contributed by atoms with E-state index >= 15 is 0 Å². The second-order valence-electron chi connectivity index (χ2n) is 4.59. The minimum Gasteiger partial charge on any atom is -0.493 e. The summed E-state index contributed by atoms with van der Waals surface area (Å²) in [6.07, 6.45) is 1.05. The van der Waals surface area contributed by atoms with Gasteiger partial charge in [0.1, 0.15) is 5.75 Å². The first-order valence-electron chi connectivity index (χ1n) is 5.35. The molecule has 0 aromatic heterocycles. The summed E-state index contributed by atoms with van der Waals surface area (Å²) in [5, 5.41) is 0.952. The Hall–Kier alpha value is -0.500. The number of rotatable bonds is 5. The summed E-state index contributed by atoms with van der Waals surface area (Å²) in [5.41, 5.74) is 1.51. The van der Waals surface area contributed by atoms with Crippen molar-refractivity contribution in [2.45, 2.75) is 27.2 Å². The zero-order valence-electron chi connectivity index (χ0n) is 9.72. The summed E-state index contributed by atoms with van der Waals surface area (Å²) in [4.78, 5) is 0. The third-order valence-corrected chi connectivity index (χ3v) is 3.82. The van der Waals surface area contributed by atoms with Crippen molar-refractivity contribution in [3.05, 3.63) is 29.8 Å². The molecule has 0 heterocycles. The van der Waals surface area contributed by atoms with Gasteiger partial charge in [0, 0.05) is 10.7 Å². The normalized spacial score (nSPS) is 11.5. The van der Waals surface area contributed by atoms with Crippen LogP contribution in [0.5, 0.6) is 5.75 Å². The van der Waals surface area contributed by atoms with Gasteiger partial charge in [0.15, 0.2) is 0 Å². The first-order valence-corrected chi connectivity index (χ1v) is 6.47. The monoisotopic (exact) mass is 270 g/mol. The van der Waals surface area contributed by atoms with Crippen LogP contribution >= 0.6 is 15.9 Å². The number of hydrogen-bond donors (Lipinski definition) is 0. The van der Waals surface area contributed by atoms with Crippen molar-refractivity contribution in [2.24, 2.45) is 5.41 Å². The van der Waals surface area contributed by atoms with E-state index in [-0.39, 0.29) is 5.41 Å². The van der Waals surface area contributed by atoms with Gasteiger partial charge >= 0.3 is 0 Å². The Morgan fingerprint density at radius 1 is 1.33 bits per heavy atom. The van der Waals surface area contributed by atoms with Gasteiger partial charge in [0.2, 0.25) is 0 Å². The maximum atomic E-state index is 5.77. The van der Waals surface area contributed by atoms with E-state index < -0.39 is 0 Å². The van der Waals surface area contributed by atoms with Crippen LogP contribution in [0.15, 0.2) is 24.3 Å². The van der Waals surface area contributed by atoms with Crippen LogP contribution in [-0.2, 0) is 6.42 Å². The number of hydrogen-bond acceptors (Lipinski definition) is 1. The molecule has 15 heavy (non-hydrogen) atoms. The highest BCUT2D eigenvalue weighted by Gasteiger charge is 2.16. The number of ether oxygens (including phenoxy) is 1. The van der Waals surface area contributed by atoms with E-state index in [9.17, 15) is 0 Å². The highest BCUT2D eigenvalue weighted by Crippen LogP contribution is 2.21. The van der Waals surface area contributed by atoms with Crippen molar-refractivity contribution in [3.63, 3.8) is 0 Å². The van der Waals surface area contributed by atoms with Crippen LogP contribution in [0.25, 0.3) is 0 Å². The van der Waals surface area contributed by atoms with E-state index in [0.29, 0.717) is 0 Å². The number of halogens is 1. The zero-order valence-corrected chi connectivity index (χ0v) is 11.3. The Balaban J connectivity index is 2.57. The molecule has 1 aromatic carbocycles. The van der Waals surface area contributed by atoms with Gasteiger partial charge in [-0.2, -0.15) is 0 Å². The lowest BCUT2D eigenvalue weighted by Gasteiger charge is -2.21. The average molecular weight is 271 g/mol. The van der Waals surface area contributed by atoms with E-state index in [0.717, 1.165) is 24.1 Å². The fraction of sp³-hybridized carbons (Fsp3) is 0.538. The van der Waals surface area contributed by atoms with Crippen LogP contribution in [0.1, 0.15) is 26.3 Å². The fourth-order valence-corrected chi connectivity index (χ4v) is 1.33. The molecule has 0 radical (unpaired) electrons. The first kappa shape index (κ1) is 12.6. The highest BCUT2D eigenvalue weighted by atomic mass is 79.9. The lowest BCUT2D eigenvalue weighted by atomic mass is 9.98. The SMILES string of the molecule is CCc1cccc(OCC(C)(C)CBr)c1. The molecule has 1 rings (SSSR count). The highest BCUT2D eigenvalue weighted by molar-refractivity contribution is 9.09. The topological polar surface area (TPSA) is 9.23 Å². The van der Waals surface area contributed by atoms with Crippen molar-refractivity contribution in [1.29, 1.82) is 0 Å². The van der Waals surface area contributed by atoms with Gasteiger partial charge in [-0.15, -0.1) is 0 Å². The molecule has 0 aliphatic rings. The van der Waals surface area contributed by atoms with Crippen molar-refractivity contribution < 1.29 is 4.74 Å². The lowest BCUT2D eigenvalue weighted by Crippen LogP contribution is -2.22. The molecule has 0 amide bonds. The smallest absolute Gasteiger partial charge is 0.119 e. The van der Waals surface area contributed by atoms with E-state index in [4.69, 9.17) is 4.74 Å². The molecule has 0 N–H and O–H groups in total. The lowest BCUT2D eigenvalue weighted by molar-refractivity contribution is 0.203. The molecule has 0 spiro atoms. The standard InChI is InChI=1S/C13H19BrO/c1-4-11-6-5-7-12(8-11)15-10-13(2,3)9-14/h5-8H,4,9-10H2,1-3H3. The summed E-state index contributed by atoms with van der Waals surface area (Å²) in [6.45, 7) is 7.27. The Morgan fingerprint density at radius 3 is 2.67 bits per heavy atom. The predicted octanol–water partition coefficient (Wildman–Crippen LogP) is 4.05. The maximum Gasteiger partial charge on any atom is 0.119 e. The fourth-order valence-electron chi connectivity index (χ4n) is 1.17. The number of alkyl halides is 1. The van der Waals surface area contributed by atoms with Crippen molar-refractivity contribution in [2.75, 3.05) is 11.9 Å². The second-order valence-corrected chi connectivity index (χ2v) is 5.15. The molecule has 0 atom stereocenters. The molecular formula is C13H19BrO. The maximum absolute atomic E-state index is 5.77. The molecule has 0 saturated carbocycles. The van der Waals surface area contributed by atoms with E-state index in [2.05, 4.69) is 54.9 Å². The molecule has 1 nitrogen and oxygen atoms in total. The minimum absolute atomic E-state index is 0.183. The van der Waals surface area contributed by atoms with Gasteiger partial charge in [0.25, 0.3) is 0 Å². The van der Waals surface area contributed by atoms with Gasteiger partial charge < -0.3 is 4.74 Å². The Morgan fingerprint density at radius 2 is 2.07 bits per heavy atom. The Labute approximate surface area is 101 Å².